The molecule has 0 aromatic rings. The summed E-state index contributed by atoms with van der Waals surface area (Å²) in [7, 11) is -3.50. The van der Waals surface area contributed by atoms with Crippen molar-refractivity contribution >= 4 is 33.6 Å². The topological polar surface area (TPSA) is 78.0 Å². The number of sulfonamides is 1. The van der Waals surface area contributed by atoms with Crippen molar-refractivity contribution in [2.75, 3.05) is 50.0 Å². The Balaban J connectivity index is 1.65. The van der Waals surface area contributed by atoms with E-state index in [0.29, 0.717) is 25.8 Å². The zero-order valence-electron chi connectivity index (χ0n) is 15.3. The number of hydrogen-bond acceptors (Lipinski definition) is 6. The van der Waals surface area contributed by atoms with Gasteiger partial charge in [-0.25, -0.2) is 8.42 Å². The van der Waals surface area contributed by atoms with Gasteiger partial charge >= 0.3 is 0 Å². The average Bonchev–Trinajstić information content (AvgIpc) is 2.98. The summed E-state index contributed by atoms with van der Waals surface area (Å²) < 4.78 is 27.7. The van der Waals surface area contributed by atoms with Crippen LogP contribution in [0.5, 0.6) is 0 Å². The molecule has 26 heavy (non-hydrogen) atoms. The molecule has 148 valence electrons. The second-order valence-corrected chi connectivity index (χ2v) is 10.5. The van der Waals surface area contributed by atoms with Crippen LogP contribution in [0.25, 0.3) is 0 Å². The number of piperidine rings is 1. The van der Waals surface area contributed by atoms with Crippen molar-refractivity contribution in [2.24, 2.45) is 0 Å². The highest BCUT2D eigenvalue weighted by molar-refractivity contribution is 7.99. The Kier molecular flexibility index (Phi) is 6.98. The minimum Gasteiger partial charge on any atom is -0.302 e. The van der Waals surface area contributed by atoms with Gasteiger partial charge in [-0.1, -0.05) is 0 Å². The van der Waals surface area contributed by atoms with Crippen molar-refractivity contribution in [3.8, 4) is 0 Å². The molecule has 0 radical (unpaired) electrons. The van der Waals surface area contributed by atoms with Crippen LogP contribution < -0.4 is 0 Å². The molecule has 3 saturated heterocycles. The number of nitrogens with zero attached hydrogens (tertiary/aromatic N) is 3. The van der Waals surface area contributed by atoms with E-state index in [1.807, 2.05) is 11.8 Å². The molecule has 2 amide bonds. The van der Waals surface area contributed by atoms with E-state index in [-0.39, 0.29) is 30.2 Å². The molecule has 3 rings (SSSR count). The summed E-state index contributed by atoms with van der Waals surface area (Å²) in [6.07, 6.45) is 4.47. The fraction of sp³-hybridized carbons (Fsp3) is 0.882. The normalized spacial score (nSPS) is 27.1. The monoisotopic (exact) mass is 403 g/mol. The summed E-state index contributed by atoms with van der Waals surface area (Å²) in [5, 5.41) is 0. The van der Waals surface area contributed by atoms with E-state index in [1.165, 1.54) is 12.8 Å². The third-order valence-electron chi connectivity index (χ3n) is 5.37. The molecule has 3 heterocycles. The SMILES string of the molecule is O=C1CCCC(=O)N1CCS(=O)(=O)N1CCCSCC1CN1CCCC1. The van der Waals surface area contributed by atoms with Crippen LogP contribution in [0.1, 0.15) is 38.5 Å². The van der Waals surface area contributed by atoms with Crippen LogP contribution in [-0.4, -0.2) is 90.4 Å². The second-order valence-electron chi connectivity index (χ2n) is 7.31. The van der Waals surface area contributed by atoms with Gasteiger partial charge in [0, 0.05) is 44.3 Å². The van der Waals surface area contributed by atoms with Crippen LogP contribution in [0.3, 0.4) is 0 Å². The maximum absolute atomic E-state index is 13.0. The summed E-state index contributed by atoms with van der Waals surface area (Å²) in [5.41, 5.74) is 0. The highest BCUT2D eigenvalue weighted by Gasteiger charge is 2.34. The van der Waals surface area contributed by atoms with Gasteiger partial charge in [0.1, 0.15) is 0 Å². The van der Waals surface area contributed by atoms with E-state index in [1.54, 1.807) is 4.31 Å². The molecule has 0 bridgehead atoms. The van der Waals surface area contributed by atoms with Gasteiger partial charge in [0.2, 0.25) is 21.8 Å². The molecule has 0 aromatic heterocycles. The largest absolute Gasteiger partial charge is 0.302 e. The molecule has 7 nitrogen and oxygen atoms in total. The Morgan fingerprint density at radius 1 is 0.962 bits per heavy atom. The lowest BCUT2D eigenvalue weighted by atomic mass is 10.1. The van der Waals surface area contributed by atoms with Crippen molar-refractivity contribution in [1.29, 1.82) is 0 Å². The molecule has 0 saturated carbocycles. The number of hydrogen-bond donors (Lipinski definition) is 0. The minimum atomic E-state index is -3.50. The molecule has 3 aliphatic rings. The number of likely N-dealkylation sites (tertiary alicyclic amines) is 2. The predicted molar refractivity (Wildman–Crippen MR) is 102 cm³/mol. The second kappa shape index (κ2) is 9.03. The minimum absolute atomic E-state index is 0.0138. The first-order valence-electron chi connectivity index (χ1n) is 9.60. The lowest BCUT2D eigenvalue weighted by molar-refractivity contribution is -0.147. The van der Waals surface area contributed by atoms with E-state index >= 15 is 0 Å². The van der Waals surface area contributed by atoms with Gasteiger partial charge in [-0.2, -0.15) is 16.1 Å². The van der Waals surface area contributed by atoms with E-state index in [4.69, 9.17) is 0 Å². The smallest absolute Gasteiger partial charge is 0.229 e. The van der Waals surface area contributed by atoms with Gasteiger partial charge in [-0.05, 0) is 44.5 Å². The van der Waals surface area contributed by atoms with Gasteiger partial charge in [0.25, 0.3) is 0 Å². The summed E-state index contributed by atoms with van der Waals surface area (Å²) in [6.45, 7) is 3.40. The van der Waals surface area contributed by atoms with Crippen molar-refractivity contribution in [1.82, 2.24) is 14.1 Å². The van der Waals surface area contributed by atoms with E-state index in [0.717, 1.165) is 42.5 Å². The Bertz CT molecular complexity index is 603. The first kappa shape index (κ1) is 20.1. The molecule has 0 spiro atoms. The summed E-state index contributed by atoms with van der Waals surface area (Å²) in [6, 6.07) is -0.0154. The van der Waals surface area contributed by atoms with E-state index in [9.17, 15) is 18.0 Å². The highest BCUT2D eigenvalue weighted by atomic mass is 32.2. The van der Waals surface area contributed by atoms with Crippen LogP contribution in [0.15, 0.2) is 0 Å². The van der Waals surface area contributed by atoms with Gasteiger partial charge in [-0.15, -0.1) is 0 Å². The number of amides is 2. The van der Waals surface area contributed by atoms with E-state index in [2.05, 4.69) is 4.90 Å². The third-order valence-corrected chi connectivity index (χ3v) is 8.46. The molecule has 1 unspecified atom stereocenters. The Hall–Kier alpha value is -0.640. The molecular formula is C17H29N3O4S2. The quantitative estimate of drug-likeness (QED) is 0.610. The van der Waals surface area contributed by atoms with Crippen LogP contribution >= 0.6 is 11.8 Å². The molecule has 0 aromatic carbocycles. The maximum Gasteiger partial charge on any atom is 0.229 e. The molecular weight excluding hydrogens is 374 g/mol. The van der Waals surface area contributed by atoms with Crippen molar-refractivity contribution in [3.63, 3.8) is 0 Å². The standard InChI is InChI=1S/C17H29N3O4S2/c21-16-5-3-6-17(22)19(16)10-12-26(23,24)20-9-4-11-25-14-15(20)13-18-7-1-2-8-18/h15H,1-14H2. The van der Waals surface area contributed by atoms with Crippen molar-refractivity contribution in [3.05, 3.63) is 0 Å². The molecule has 3 aliphatic heterocycles. The zero-order chi connectivity index (χ0) is 18.6. The number of imide groups is 1. The number of thioether (sulfide) groups is 1. The summed E-state index contributed by atoms with van der Waals surface area (Å²) in [5.74, 6) is 1.15. The Morgan fingerprint density at radius 2 is 1.65 bits per heavy atom. The fourth-order valence-electron chi connectivity index (χ4n) is 3.95. The van der Waals surface area contributed by atoms with Crippen molar-refractivity contribution in [2.45, 2.75) is 44.6 Å². The highest BCUT2D eigenvalue weighted by Crippen LogP contribution is 2.22. The fourth-order valence-corrected chi connectivity index (χ4v) is 6.76. The van der Waals surface area contributed by atoms with Crippen molar-refractivity contribution < 1.29 is 18.0 Å². The Morgan fingerprint density at radius 3 is 2.35 bits per heavy atom. The van der Waals surface area contributed by atoms with Crippen LogP contribution in [-0.2, 0) is 19.6 Å². The average molecular weight is 404 g/mol. The van der Waals surface area contributed by atoms with Crippen LogP contribution in [0, 0.1) is 0 Å². The lowest BCUT2D eigenvalue weighted by Crippen LogP contribution is -2.50. The van der Waals surface area contributed by atoms with Gasteiger partial charge in [0.15, 0.2) is 0 Å². The number of carbonyl (C=O) groups is 2. The predicted octanol–water partition coefficient (Wildman–Crippen LogP) is 0.759. The molecule has 0 N–H and O–H groups in total. The first-order chi connectivity index (χ1) is 12.5. The first-order valence-corrected chi connectivity index (χ1v) is 12.4. The van der Waals surface area contributed by atoms with Crippen LogP contribution in [0.2, 0.25) is 0 Å². The lowest BCUT2D eigenvalue weighted by Gasteiger charge is -2.32. The van der Waals surface area contributed by atoms with Gasteiger partial charge in [0.05, 0.1) is 5.75 Å². The number of rotatable bonds is 6. The summed E-state index contributed by atoms with van der Waals surface area (Å²) >= 11 is 1.82. The van der Waals surface area contributed by atoms with Crippen LogP contribution in [0.4, 0.5) is 0 Å². The van der Waals surface area contributed by atoms with Gasteiger partial charge < -0.3 is 4.90 Å². The van der Waals surface area contributed by atoms with E-state index < -0.39 is 10.0 Å². The zero-order valence-corrected chi connectivity index (χ0v) is 16.9. The number of carbonyl (C=O) groups excluding carboxylic acids is 2. The maximum atomic E-state index is 13.0. The molecule has 3 fully saturated rings. The molecule has 0 aliphatic carbocycles. The third kappa shape index (κ3) is 4.99. The van der Waals surface area contributed by atoms with Gasteiger partial charge in [-0.3, -0.25) is 14.5 Å². The molecule has 1 atom stereocenters. The summed E-state index contributed by atoms with van der Waals surface area (Å²) in [4.78, 5) is 27.4. The molecule has 9 heteroatoms. The Labute approximate surface area is 160 Å².